The smallest absolute Gasteiger partial charge is 0.171 e. The van der Waals surface area contributed by atoms with Crippen LogP contribution in [-0.2, 0) is 0 Å². The zero-order chi connectivity index (χ0) is 17.7. The molecule has 0 bridgehead atoms. The lowest BCUT2D eigenvalue weighted by Gasteiger charge is -2.19. The van der Waals surface area contributed by atoms with Crippen molar-refractivity contribution < 1.29 is 13.9 Å². The predicted molar refractivity (Wildman–Crippen MR) is 98.7 cm³/mol. The van der Waals surface area contributed by atoms with Crippen molar-refractivity contribution in [2.24, 2.45) is 0 Å². The van der Waals surface area contributed by atoms with E-state index in [4.69, 9.17) is 33.3 Å². The maximum Gasteiger partial charge on any atom is 0.171 e. The topological polar surface area (TPSA) is 42.5 Å². The van der Waals surface area contributed by atoms with E-state index < -0.39 is 5.82 Å². The summed E-state index contributed by atoms with van der Waals surface area (Å²) in [7, 11) is 3.18. The summed E-state index contributed by atoms with van der Waals surface area (Å²) in [4.78, 5) is 0. The third-order valence-corrected chi connectivity index (χ3v) is 3.94. The largest absolute Gasteiger partial charge is 0.493 e. The van der Waals surface area contributed by atoms with E-state index in [1.54, 1.807) is 20.3 Å². The van der Waals surface area contributed by atoms with Gasteiger partial charge in [0.1, 0.15) is 5.82 Å². The van der Waals surface area contributed by atoms with Crippen LogP contribution in [-0.4, -0.2) is 19.3 Å². The van der Waals surface area contributed by atoms with E-state index in [2.05, 4.69) is 10.6 Å². The second-order valence-corrected chi connectivity index (χ2v) is 5.88. The second kappa shape index (κ2) is 8.17. The van der Waals surface area contributed by atoms with E-state index in [0.717, 1.165) is 5.56 Å². The standard InChI is InChI=1S/C17H18ClFN2O2S/c1-10(11-4-7-15(22-2)16(8-11)23-3)20-17(24)21-12-5-6-14(19)13(18)9-12/h4-10H,1-3H3,(H2,20,21,24). The Hall–Kier alpha value is -2.05. The van der Waals surface area contributed by atoms with Crippen molar-refractivity contribution in [3.63, 3.8) is 0 Å². The molecule has 2 aromatic rings. The molecule has 0 heterocycles. The van der Waals surface area contributed by atoms with Crippen LogP contribution in [0.15, 0.2) is 36.4 Å². The molecule has 0 aliphatic carbocycles. The Morgan fingerprint density at radius 1 is 1.12 bits per heavy atom. The maximum atomic E-state index is 13.2. The number of benzene rings is 2. The third-order valence-electron chi connectivity index (χ3n) is 3.43. The van der Waals surface area contributed by atoms with E-state index in [9.17, 15) is 4.39 Å². The van der Waals surface area contributed by atoms with E-state index in [1.807, 2.05) is 25.1 Å². The Bertz CT molecular complexity index is 743. The first-order valence-corrected chi connectivity index (χ1v) is 7.97. The van der Waals surface area contributed by atoms with Crippen molar-refractivity contribution in [3.8, 4) is 11.5 Å². The molecule has 0 spiro atoms. The minimum absolute atomic E-state index is 0.0377. The maximum absolute atomic E-state index is 13.2. The van der Waals surface area contributed by atoms with Crippen LogP contribution < -0.4 is 20.1 Å². The van der Waals surface area contributed by atoms with Gasteiger partial charge in [-0.3, -0.25) is 0 Å². The molecule has 0 aliphatic rings. The summed E-state index contributed by atoms with van der Waals surface area (Å²) in [6.07, 6.45) is 0. The van der Waals surface area contributed by atoms with Crippen LogP contribution in [0, 0.1) is 5.82 Å². The van der Waals surface area contributed by atoms with Crippen LogP contribution in [0.25, 0.3) is 0 Å². The van der Waals surface area contributed by atoms with Crippen molar-refractivity contribution >= 4 is 34.6 Å². The summed E-state index contributed by atoms with van der Waals surface area (Å²) in [5.74, 6) is 0.836. The van der Waals surface area contributed by atoms with Crippen molar-refractivity contribution in [2.75, 3.05) is 19.5 Å². The summed E-state index contributed by atoms with van der Waals surface area (Å²) < 4.78 is 23.7. The molecule has 4 nitrogen and oxygen atoms in total. The van der Waals surface area contributed by atoms with Crippen molar-refractivity contribution in [2.45, 2.75) is 13.0 Å². The van der Waals surface area contributed by atoms with E-state index in [1.165, 1.54) is 12.1 Å². The molecule has 1 unspecified atom stereocenters. The van der Waals surface area contributed by atoms with Crippen molar-refractivity contribution in [1.82, 2.24) is 5.32 Å². The normalized spacial score (nSPS) is 11.5. The van der Waals surface area contributed by atoms with Crippen molar-refractivity contribution in [1.29, 1.82) is 0 Å². The molecular formula is C17H18ClFN2O2S. The predicted octanol–water partition coefficient (Wildman–Crippen LogP) is 4.54. The fourth-order valence-corrected chi connectivity index (χ4v) is 2.62. The molecule has 0 saturated heterocycles. The van der Waals surface area contributed by atoms with Gasteiger partial charge in [-0.15, -0.1) is 0 Å². The van der Waals surface area contributed by atoms with Gasteiger partial charge in [0.15, 0.2) is 16.6 Å². The lowest BCUT2D eigenvalue weighted by molar-refractivity contribution is 0.354. The second-order valence-electron chi connectivity index (χ2n) is 5.06. The van der Waals surface area contributed by atoms with Gasteiger partial charge < -0.3 is 20.1 Å². The zero-order valence-corrected chi connectivity index (χ0v) is 15.1. The average molecular weight is 369 g/mol. The lowest BCUT2D eigenvalue weighted by atomic mass is 10.1. The minimum atomic E-state index is -0.472. The SMILES string of the molecule is COc1ccc(C(C)NC(=S)Nc2ccc(F)c(Cl)c2)cc1OC. The number of nitrogens with one attached hydrogen (secondary N) is 2. The number of hydrogen-bond donors (Lipinski definition) is 2. The fourth-order valence-electron chi connectivity index (χ4n) is 2.14. The highest BCUT2D eigenvalue weighted by atomic mass is 35.5. The molecule has 7 heteroatoms. The van der Waals surface area contributed by atoms with Crippen LogP contribution in [0.4, 0.5) is 10.1 Å². The Labute approximate surface area is 150 Å². The number of thiocarbonyl (C=S) groups is 1. The van der Waals surface area contributed by atoms with Crippen LogP contribution in [0.1, 0.15) is 18.5 Å². The number of halogens is 2. The Kier molecular flexibility index (Phi) is 6.23. The highest BCUT2D eigenvalue weighted by Gasteiger charge is 2.11. The Balaban J connectivity index is 2.04. The van der Waals surface area contributed by atoms with Gasteiger partial charge in [0.25, 0.3) is 0 Å². The summed E-state index contributed by atoms with van der Waals surface area (Å²) in [5.41, 5.74) is 1.59. The van der Waals surface area contributed by atoms with Crippen molar-refractivity contribution in [3.05, 3.63) is 52.8 Å². The zero-order valence-electron chi connectivity index (χ0n) is 13.5. The first-order chi connectivity index (χ1) is 11.4. The summed E-state index contributed by atoms with van der Waals surface area (Å²) in [6.45, 7) is 1.97. The average Bonchev–Trinajstić information content (AvgIpc) is 2.57. The quantitative estimate of drug-likeness (QED) is 0.758. The fraction of sp³-hybridized carbons (Fsp3) is 0.235. The Morgan fingerprint density at radius 3 is 2.46 bits per heavy atom. The first kappa shape index (κ1) is 18.3. The molecule has 2 N–H and O–H groups in total. The molecule has 2 aromatic carbocycles. The highest BCUT2D eigenvalue weighted by molar-refractivity contribution is 7.80. The van der Waals surface area contributed by atoms with Gasteiger partial charge in [0, 0.05) is 5.69 Å². The molecule has 0 radical (unpaired) electrons. The number of anilines is 1. The molecular weight excluding hydrogens is 351 g/mol. The molecule has 128 valence electrons. The lowest BCUT2D eigenvalue weighted by Crippen LogP contribution is -2.30. The summed E-state index contributed by atoms with van der Waals surface area (Å²) in [5, 5.41) is 6.57. The Morgan fingerprint density at radius 2 is 1.83 bits per heavy atom. The van der Waals surface area contributed by atoms with Crippen LogP contribution in [0.2, 0.25) is 5.02 Å². The van der Waals surface area contributed by atoms with Gasteiger partial charge in [-0.05, 0) is 55.0 Å². The molecule has 0 aromatic heterocycles. The van der Waals surface area contributed by atoms with Crippen LogP contribution >= 0.6 is 23.8 Å². The van der Waals surface area contributed by atoms with Crippen LogP contribution in [0.5, 0.6) is 11.5 Å². The molecule has 24 heavy (non-hydrogen) atoms. The van der Waals surface area contributed by atoms with Gasteiger partial charge in [-0.25, -0.2) is 4.39 Å². The monoisotopic (exact) mass is 368 g/mol. The van der Waals surface area contributed by atoms with E-state index in [0.29, 0.717) is 22.3 Å². The molecule has 0 saturated carbocycles. The third kappa shape index (κ3) is 4.49. The molecule has 0 fully saturated rings. The number of methoxy groups -OCH3 is 2. The van der Waals surface area contributed by atoms with Gasteiger partial charge in [-0.2, -0.15) is 0 Å². The van der Waals surface area contributed by atoms with Gasteiger partial charge in [0.05, 0.1) is 25.3 Å². The number of hydrogen-bond acceptors (Lipinski definition) is 3. The van der Waals surface area contributed by atoms with Gasteiger partial charge >= 0.3 is 0 Å². The number of rotatable bonds is 5. The molecule has 2 rings (SSSR count). The highest BCUT2D eigenvalue weighted by Crippen LogP contribution is 2.30. The van der Waals surface area contributed by atoms with Crippen LogP contribution in [0.3, 0.4) is 0 Å². The van der Waals surface area contributed by atoms with Gasteiger partial charge in [-0.1, -0.05) is 17.7 Å². The summed E-state index contributed by atoms with van der Waals surface area (Å²) in [6, 6.07) is 9.90. The first-order valence-electron chi connectivity index (χ1n) is 7.19. The summed E-state index contributed by atoms with van der Waals surface area (Å²) >= 11 is 11.0. The van der Waals surface area contributed by atoms with E-state index >= 15 is 0 Å². The molecule has 1 atom stereocenters. The molecule has 0 aliphatic heterocycles. The number of ether oxygens (including phenoxy) is 2. The minimum Gasteiger partial charge on any atom is -0.493 e. The van der Waals surface area contributed by atoms with Gasteiger partial charge in [0.2, 0.25) is 0 Å². The molecule has 0 amide bonds. The van der Waals surface area contributed by atoms with E-state index in [-0.39, 0.29) is 11.1 Å².